The van der Waals surface area contributed by atoms with Gasteiger partial charge in [0.05, 0.1) is 9.82 Å². The Hall–Kier alpha value is -1.77. The number of non-ortho nitro benzene ring substituents is 1. The first-order valence-electron chi connectivity index (χ1n) is 8.13. The lowest BCUT2D eigenvalue weighted by molar-refractivity contribution is -0.385. The van der Waals surface area contributed by atoms with Crippen LogP contribution in [0, 0.1) is 17.0 Å². The summed E-state index contributed by atoms with van der Waals surface area (Å²) in [5.41, 5.74) is 0.102. The highest BCUT2D eigenvalue weighted by molar-refractivity contribution is 7.89. The molecule has 2 aromatic rings. The van der Waals surface area contributed by atoms with E-state index in [4.69, 9.17) is 0 Å². The molecule has 1 fully saturated rings. The molecule has 1 N–H and O–H groups in total. The molecule has 0 radical (unpaired) electrons. The number of benzene rings is 1. The molecule has 1 aromatic carbocycles. The third kappa shape index (κ3) is 3.61. The summed E-state index contributed by atoms with van der Waals surface area (Å²) < 4.78 is 28.2. The van der Waals surface area contributed by atoms with Crippen molar-refractivity contribution in [2.75, 3.05) is 6.54 Å². The zero-order valence-corrected chi connectivity index (χ0v) is 15.5. The van der Waals surface area contributed by atoms with E-state index in [1.165, 1.54) is 17.0 Å². The molecule has 25 heavy (non-hydrogen) atoms. The van der Waals surface area contributed by atoms with Crippen LogP contribution in [0.4, 0.5) is 5.69 Å². The lowest BCUT2D eigenvalue weighted by Gasteiger charge is -2.28. The van der Waals surface area contributed by atoms with E-state index >= 15 is 0 Å². The van der Waals surface area contributed by atoms with E-state index in [0.29, 0.717) is 12.1 Å². The Kier molecular flexibility index (Phi) is 4.95. The van der Waals surface area contributed by atoms with E-state index in [0.717, 1.165) is 31.7 Å². The van der Waals surface area contributed by atoms with Gasteiger partial charge in [-0.2, -0.15) is 0 Å². The lowest BCUT2D eigenvalue weighted by Crippen LogP contribution is -2.38. The molecule has 0 aliphatic heterocycles. The number of thiophene rings is 1. The van der Waals surface area contributed by atoms with Crippen molar-refractivity contribution in [3.63, 3.8) is 0 Å². The number of nitrogens with one attached hydrogen (secondary N) is 1. The van der Waals surface area contributed by atoms with Crippen molar-refractivity contribution in [1.29, 1.82) is 0 Å². The smallest absolute Gasteiger partial charge is 0.258 e. The number of nitro benzene ring substituents is 1. The molecule has 0 spiro atoms. The molecule has 1 heterocycles. The number of nitro groups is 1. The van der Waals surface area contributed by atoms with Gasteiger partial charge < -0.3 is 0 Å². The van der Waals surface area contributed by atoms with Gasteiger partial charge in [0.15, 0.2) is 0 Å². The largest absolute Gasteiger partial charge is 0.270 e. The molecular weight excluding hydrogens is 360 g/mol. The van der Waals surface area contributed by atoms with Crippen LogP contribution in [0.1, 0.15) is 36.1 Å². The minimum absolute atomic E-state index is 0.0268. The molecule has 3 rings (SSSR count). The Balaban J connectivity index is 1.87. The van der Waals surface area contributed by atoms with Crippen LogP contribution in [0.15, 0.2) is 40.6 Å². The van der Waals surface area contributed by atoms with E-state index in [2.05, 4.69) is 10.8 Å². The van der Waals surface area contributed by atoms with Crippen LogP contribution in [0.2, 0.25) is 0 Å². The van der Waals surface area contributed by atoms with Crippen molar-refractivity contribution in [3.8, 4) is 0 Å². The molecule has 1 aliphatic carbocycles. The summed E-state index contributed by atoms with van der Waals surface area (Å²) in [5.74, 6) is 0. The summed E-state index contributed by atoms with van der Waals surface area (Å²) in [4.78, 5) is 11.5. The molecule has 8 heteroatoms. The molecule has 1 saturated carbocycles. The maximum absolute atomic E-state index is 12.8. The number of aryl methyl sites for hydroxylation is 1. The second-order valence-corrected chi connectivity index (χ2v) is 9.18. The fraction of sp³-hybridized carbons (Fsp3) is 0.412. The Labute approximate surface area is 151 Å². The van der Waals surface area contributed by atoms with Gasteiger partial charge in [-0.25, -0.2) is 13.1 Å². The van der Waals surface area contributed by atoms with Gasteiger partial charge in [0.2, 0.25) is 10.0 Å². The molecule has 1 aliphatic rings. The molecule has 134 valence electrons. The zero-order valence-electron chi connectivity index (χ0n) is 13.9. The summed E-state index contributed by atoms with van der Waals surface area (Å²) in [5, 5.41) is 13.0. The van der Waals surface area contributed by atoms with Gasteiger partial charge in [-0.1, -0.05) is 25.0 Å². The molecule has 0 atom stereocenters. The van der Waals surface area contributed by atoms with Crippen molar-refractivity contribution in [3.05, 3.63) is 56.3 Å². The zero-order chi connectivity index (χ0) is 18.1. The highest BCUT2D eigenvalue weighted by Crippen LogP contribution is 2.42. The van der Waals surface area contributed by atoms with Crippen LogP contribution < -0.4 is 4.72 Å². The van der Waals surface area contributed by atoms with E-state index in [-0.39, 0.29) is 16.0 Å². The van der Waals surface area contributed by atoms with E-state index in [1.54, 1.807) is 18.3 Å². The number of sulfonamides is 1. The summed E-state index contributed by atoms with van der Waals surface area (Å²) in [6.07, 6.45) is 4.05. The van der Waals surface area contributed by atoms with Crippen molar-refractivity contribution < 1.29 is 13.3 Å². The first kappa shape index (κ1) is 18.0. The van der Waals surface area contributed by atoms with Gasteiger partial charge in [0.25, 0.3) is 5.69 Å². The Morgan fingerprint density at radius 2 is 2.00 bits per heavy atom. The van der Waals surface area contributed by atoms with Crippen molar-refractivity contribution in [2.45, 2.75) is 42.9 Å². The van der Waals surface area contributed by atoms with E-state index in [9.17, 15) is 18.5 Å². The molecule has 0 amide bonds. The van der Waals surface area contributed by atoms with Gasteiger partial charge in [0, 0.05) is 29.0 Å². The second-order valence-electron chi connectivity index (χ2n) is 6.50. The Morgan fingerprint density at radius 3 is 2.60 bits per heavy atom. The Morgan fingerprint density at radius 1 is 1.28 bits per heavy atom. The van der Waals surface area contributed by atoms with Crippen molar-refractivity contribution in [1.82, 2.24) is 4.72 Å². The van der Waals surface area contributed by atoms with Crippen LogP contribution in [0.3, 0.4) is 0 Å². The van der Waals surface area contributed by atoms with E-state index in [1.807, 2.05) is 11.4 Å². The van der Waals surface area contributed by atoms with Crippen LogP contribution >= 0.6 is 11.3 Å². The fourth-order valence-electron chi connectivity index (χ4n) is 3.45. The summed E-state index contributed by atoms with van der Waals surface area (Å²) in [6.45, 7) is 1.96. The number of nitrogens with zero attached hydrogens (tertiary/aromatic N) is 1. The third-order valence-corrected chi connectivity index (χ3v) is 7.54. The average molecular weight is 380 g/mol. The van der Waals surface area contributed by atoms with Gasteiger partial charge in [-0.05, 0) is 36.8 Å². The first-order valence-corrected chi connectivity index (χ1v) is 10.5. The highest BCUT2D eigenvalue weighted by atomic mass is 32.2. The first-order chi connectivity index (χ1) is 11.8. The summed E-state index contributed by atoms with van der Waals surface area (Å²) in [6, 6.07) is 7.96. The molecule has 0 saturated heterocycles. The SMILES string of the molecule is Cc1ccc([N+](=O)[O-])cc1S(=O)(=O)NCC1(c2cccs2)CCCC1. The molecular formula is C17H20N2O4S2. The Bertz CT molecular complexity index is 870. The summed E-state index contributed by atoms with van der Waals surface area (Å²) in [7, 11) is -3.81. The minimum atomic E-state index is -3.81. The predicted octanol–water partition coefficient (Wildman–Crippen LogP) is 3.76. The maximum Gasteiger partial charge on any atom is 0.270 e. The van der Waals surface area contributed by atoms with E-state index < -0.39 is 14.9 Å². The fourth-order valence-corrected chi connectivity index (χ4v) is 5.82. The van der Waals surface area contributed by atoms with Gasteiger partial charge in [-0.15, -0.1) is 11.3 Å². The monoisotopic (exact) mass is 380 g/mol. The third-order valence-electron chi connectivity index (χ3n) is 4.88. The van der Waals surface area contributed by atoms with Gasteiger partial charge in [0.1, 0.15) is 0 Å². The van der Waals surface area contributed by atoms with Crippen molar-refractivity contribution >= 4 is 27.0 Å². The molecule has 1 aromatic heterocycles. The quantitative estimate of drug-likeness (QED) is 0.610. The second kappa shape index (κ2) is 6.86. The normalized spacial score (nSPS) is 16.8. The van der Waals surface area contributed by atoms with Crippen molar-refractivity contribution in [2.24, 2.45) is 0 Å². The molecule has 6 nitrogen and oxygen atoms in total. The standard InChI is InChI=1S/C17H20N2O4S2/c1-13-6-7-14(19(20)21)11-15(13)25(22,23)18-12-17(8-2-3-9-17)16-5-4-10-24-16/h4-7,10-11,18H,2-3,8-9,12H2,1H3. The van der Waals surface area contributed by atoms with Crippen LogP contribution in [0.25, 0.3) is 0 Å². The van der Waals surface area contributed by atoms with Gasteiger partial charge >= 0.3 is 0 Å². The molecule has 0 unspecified atom stereocenters. The predicted molar refractivity (Wildman–Crippen MR) is 97.5 cm³/mol. The van der Waals surface area contributed by atoms with Crippen LogP contribution in [-0.2, 0) is 15.4 Å². The summed E-state index contributed by atoms with van der Waals surface area (Å²) >= 11 is 1.65. The number of rotatable bonds is 6. The maximum atomic E-state index is 12.8. The van der Waals surface area contributed by atoms with Crippen LogP contribution in [0.5, 0.6) is 0 Å². The topological polar surface area (TPSA) is 89.3 Å². The highest BCUT2D eigenvalue weighted by Gasteiger charge is 2.37. The minimum Gasteiger partial charge on any atom is -0.258 e. The van der Waals surface area contributed by atoms with Crippen LogP contribution in [-0.4, -0.2) is 19.9 Å². The van der Waals surface area contributed by atoms with Gasteiger partial charge in [-0.3, -0.25) is 10.1 Å². The average Bonchev–Trinajstić information content (AvgIpc) is 3.25. The number of hydrogen-bond acceptors (Lipinski definition) is 5. The molecule has 0 bridgehead atoms. The number of hydrogen-bond donors (Lipinski definition) is 1. The lowest BCUT2D eigenvalue weighted by atomic mass is 9.85.